The van der Waals surface area contributed by atoms with Gasteiger partial charge in [-0.2, -0.15) is 13.2 Å². The van der Waals surface area contributed by atoms with Gasteiger partial charge in [0.2, 0.25) is 5.91 Å². The van der Waals surface area contributed by atoms with Crippen LogP contribution in [-0.2, 0) is 16.5 Å². The summed E-state index contributed by atoms with van der Waals surface area (Å²) in [6.07, 6.45) is 0.0729. The van der Waals surface area contributed by atoms with Crippen LogP contribution in [0.4, 0.5) is 13.2 Å². The minimum atomic E-state index is -4.49. The van der Waals surface area contributed by atoms with Crippen molar-refractivity contribution in [1.82, 2.24) is 20.5 Å². The molecule has 174 valence electrons. The Morgan fingerprint density at radius 2 is 2.16 bits per heavy atom. The smallest absolute Gasteiger partial charge is 0.345 e. The van der Waals surface area contributed by atoms with Crippen LogP contribution in [0, 0.1) is 11.8 Å². The van der Waals surface area contributed by atoms with E-state index in [-0.39, 0.29) is 17.3 Å². The predicted molar refractivity (Wildman–Crippen MR) is 118 cm³/mol. The Hall–Kier alpha value is -2.19. The molecule has 5 nitrogen and oxygen atoms in total. The molecule has 2 aliphatic heterocycles. The maximum Gasteiger partial charge on any atom is 0.418 e. The van der Waals surface area contributed by atoms with Crippen molar-refractivity contribution in [2.75, 3.05) is 33.2 Å². The summed E-state index contributed by atoms with van der Waals surface area (Å²) >= 11 is 0. The van der Waals surface area contributed by atoms with Crippen molar-refractivity contribution in [3.05, 3.63) is 41.6 Å². The van der Waals surface area contributed by atoms with Crippen LogP contribution in [0.1, 0.15) is 43.7 Å². The Morgan fingerprint density at radius 3 is 2.88 bits per heavy atom. The number of carbonyl (C=O) groups is 1. The fraction of sp³-hybridized carbons (Fsp3) is 0.583. The molecule has 2 aliphatic rings. The maximum atomic E-state index is 13.6. The number of alkyl halides is 3. The summed E-state index contributed by atoms with van der Waals surface area (Å²) in [7, 11) is 2.07. The quantitative estimate of drug-likeness (QED) is 0.744. The zero-order chi connectivity index (χ0) is 22.9. The van der Waals surface area contributed by atoms with Gasteiger partial charge in [-0.3, -0.25) is 9.78 Å². The van der Waals surface area contributed by atoms with Crippen molar-refractivity contribution in [2.24, 2.45) is 11.8 Å². The van der Waals surface area contributed by atoms with E-state index in [2.05, 4.69) is 34.5 Å². The lowest BCUT2D eigenvalue weighted by Gasteiger charge is -2.43. The average Bonchev–Trinajstić information content (AvgIpc) is 2.72. The zero-order valence-electron chi connectivity index (χ0n) is 18.6. The van der Waals surface area contributed by atoms with Gasteiger partial charge in [-0.25, -0.2) is 0 Å². The summed E-state index contributed by atoms with van der Waals surface area (Å²) in [5, 5.41) is 7.09. The maximum absolute atomic E-state index is 13.6. The summed E-state index contributed by atoms with van der Waals surface area (Å²) in [5.41, 5.74) is -0.902. The van der Waals surface area contributed by atoms with E-state index in [4.69, 9.17) is 0 Å². The molecule has 2 saturated heterocycles. The zero-order valence-corrected chi connectivity index (χ0v) is 18.6. The highest BCUT2D eigenvalue weighted by Crippen LogP contribution is 2.40. The second kappa shape index (κ2) is 8.98. The average molecular weight is 449 g/mol. The predicted octanol–water partition coefficient (Wildman–Crippen LogP) is 3.93. The number of fused-ring (bicyclic) bond motifs is 1. The highest BCUT2D eigenvalue weighted by atomic mass is 19.4. The van der Waals surface area contributed by atoms with Gasteiger partial charge in [-0.1, -0.05) is 19.1 Å². The topological polar surface area (TPSA) is 57.3 Å². The van der Waals surface area contributed by atoms with Crippen LogP contribution in [0.15, 0.2) is 30.5 Å². The Labute approximate surface area is 186 Å². The van der Waals surface area contributed by atoms with Gasteiger partial charge in [0.25, 0.3) is 0 Å². The summed E-state index contributed by atoms with van der Waals surface area (Å²) in [6, 6.07) is 5.96. The molecule has 0 spiro atoms. The summed E-state index contributed by atoms with van der Waals surface area (Å²) in [5.74, 6) is 0.516. The van der Waals surface area contributed by atoms with Crippen molar-refractivity contribution in [2.45, 2.75) is 44.3 Å². The van der Waals surface area contributed by atoms with Gasteiger partial charge in [0.15, 0.2) is 0 Å². The monoisotopic (exact) mass is 448 g/mol. The number of amides is 1. The molecule has 2 N–H and O–H groups in total. The first-order chi connectivity index (χ1) is 15.2. The van der Waals surface area contributed by atoms with Crippen molar-refractivity contribution in [3.8, 4) is 0 Å². The Balaban J connectivity index is 1.71. The molecule has 0 bridgehead atoms. The van der Waals surface area contributed by atoms with E-state index < -0.39 is 17.3 Å². The van der Waals surface area contributed by atoms with Gasteiger partial charge in [0.05, 0.1) is 16.6 Å². The van der Waals surface area contributed by atoms with Crippen molar-refractivity contribution in [3.63, 3.8) is 0 Å². The molecule has 0 aliphatic carbocycles. The molecular weight excluding hydrogens is 417 g/mol. The first-order valence-corrected chi connectivity index (χ1v) is 11.3. The van der Waals surface area contributed by atoms with Gasteiger partial charge in [0.1, 0.15) is 0 Å². The molecule has 8 heteroatoms. The van der Waals surface area contributed by atoms with Crippen LogP contribution in [0.5, 0.6) is 0 Å². The molecule has 1 unspecified atom stereocenters. The Kier molecular flexibility index (Phi) is 6.45. The molecule has 0 radical (unpaired) electrons. The lowest BCUT2D eigenvalue weighted by atomic mass is 9.77. The number of hydrogen-bond donors (Lipinski definition) is 2. The molecule has 3 heterocycles. The molecule has 1 amide bonds. The highest BCUT2D eigenvalue weighted by Gasteiger charge is 2.41. The number of nitrogens with zero attached hydrogens (tertiary/aromatic N) is 2. The molecule has 1 aromatic heterocycles. The highest BCUT2D eigenvalue weighted by molar-refractivity contribution is 5.88. The second-order valence-electron chi connectivity index (χ2n) is 9.60. The van der Waals surface area contributed by atoms with Gasteiger partial charge >= 0.3 is 6.18 Å². The lowest BCUT2D eigenvalue weighted by Crippen LogP contribution is -2.57. The molecule has 2 fully saturated rings. The normalized spacial score (nSPS) is 27.4. The van der Waals surface area contributed by atoms with Gasteiger partial charge in [-0.15, -0.1) is 0 Å². The standard InChI is InChI=1S/C24H31F3N4O/c1-16-12-23(15-28-13-16,30-21(32)11-17-5-4-10-31(2)14-17)19-7-8-20(24(25,26)27)22-18(19)6-3-9-29-22/h3,6-9,16-17,28H,4-5,10-15H2,1-2H3,(H,30,32)/t16-,17?,23-/m0/s1. The van der Waals surface area contributed by atoms with Crippen LogP contribution < -0.4 is 10.6 Å². The summed E-state index contributed by atoms with van der Waals surface area (Å²) in [4.78, 5) is 19.5. The third kappa shape index (κ3) is 4.76. The molecule has 2 aromatic rings. The Bertz CT molecular complexity index is 979. The SMILES string of the molecule is C[C@@H]1CNC[C@](NC(=O)CC2CCCN(C)C2)(c2ccc(C(F)(F)F)c3ncccc23)C1. The number of aromatic nitrogens is 1. The molecule has 0 saturated carbocycles. The number of benzene rings is 1. The minimum Gasteiger partial charge on any atom is -0.345 e. The van der Waals surface area contributed by atoms with Crippen LogP contribution in [-0.4, -0.2) is 49.0 Å². The van der Waals surface area contributed by atoms with Gasteiger partial charge in [0, 0.05) is 31.1 Å². The van der Waals surface area contributed by atoms with E-state index in [0.29, 0.717) is 36.3 Å². The second-order valence-corrected chi connectivity index (χ2v) is 9.60. The van der Waals surface area contributed by atoms with Crippen LogP contribution in [0.25, 0.3) is 10.9 Å². The molecule has 4 rings (SSSR count). The van der Waals surface area contributed by atoms with E-state index in [0.717, 1.165) is 38.5 Å². The molecule has 1 aromatic carbocycles. The number of pyridine rings is 1. The van der Waals surface area contributed by atoms with E-state index in [1.165, 1.54) is 12.3 Å². The van der Waals surface area contributed by atoms with Crippen LogP contribution in [0.2, 0.25) is 0 Å². The number of nitrogens with one attached hydrogen (secondary N) is 2. The number of rotatable bonds is 4. The van der Waals surface area contributed by atoms with E-state index in [1.807, 2.05) is 0 Å². The number of halogens is 3. The minimum absolute atomic E-state index is 0.0434. The summed E-state index contributed by atoms with van der Waals surface area (Å²) < 4.78 is 40.9. The van der Waals surface area contributed by atoms with Crippen molar-refractivity contribution >= 4 is 16.8 Å². The number of piperidine rings is 2. The first kappa shape index (κ1) is 23.0. The molecular formula is C24H31F3N4O. The lowest BCUT2D eigenvalue weighted by molar-refractivity contribution is -0.136. The van der Waals surface area contributed by atoms with Crippen molar-refractivity contribution < 1.29 is 18.0 Å². The first-order valence-electron chi connectivity index (χ1n) is 11.3. The van der Waals surface area contributed by atoms with Crippen LogP contribution >= 0.6 is 0 Å². The van der Waals surface area contributed by atoms with Gasteiger partial charge < -0.3 is 15.5 Å². The van der Waals surface area contributed by atoms with E-state index in [9.17, 15) is 18.0 Å². The fourth-order valence-electron chi connectivity index (χ4n) is 5.48. The number of hydrogen-bond acceptors (Lipinski definition) is 4. The van der Waals surface area contributed by atoms with E-state index in [1.54, 1.807) is 12.1 Å². The molecule has 32 heavy (non-hydrogen) atoms. The molecule has 3 atom stereocenters. The third-order valence-electron chi connectivity index (χ3n) is 6.78. The third-order valence-corrected chi connectivity index (χ3v) is 6.78. The largest absolute Gasteiger partial charge is 0.418 e. The fourth-order valence-corrected chi connectivity index (χ4v) is 5.48. The number of likely N-dealkylation sites (tertiary alicyclic amines) is 1. The summed E-state index contributed by atoms with van der Waals surface area (Å²) in [6.45, 7) is 5.31. The van der Waals surface area contributed by atoms with Crippen molar-refractivity contribution in [1.29, 1.82) is 0 Å². The van der Waals surface area contributed by atoms with Crippen LogP contribution in [0.3, 0.4) is 0 Å². The number of carbonyl (C=O) groups excluding carboxylic acids is 1. The van der Waals surface area contributed by atoms with E-state index >= 15 is 0 Å². The Morgan fingerprint density at radius 1 is 1.34 bits per heavy atom. The van der Waals surface area contributed by atoms with Gasteiger partial charge in [-0.05, 0) is 68.9 Å².